The lowest BCUT2D eigenvalue weighted by molar-refractivity contribution is 0.421. The van der Waals surface area contributed by atoms with Crippen LogP contribution >= 0.6 is 11.6 Å². The maximum Gasteiger partial charge on any atom is 0.244 e. The van der Waals surface area contributed by atoms with E-state index >= 15 is 0 Å². The molecule has 0 N–H and O–H groups in total. The molecule has 0 spiro atoms. The molecule has 0 amide bonds. The zero-order valence-electron chi connectivity index (χ0n) is 10.7. The molecule has 2 nitrogen and oxygen atoms in total. The highest BCUT2D eigenvalue weighted by atomic mass is 35.5. The van der Waals surface area contributed by atoms with Gasteiger partial charge < -0.3 is 4.43 Å². The van der Waals surface area contributed by atoms with Crippen molar-refractivity contribution in [1.29, 1.82) is 0 Å². The van der Waals surface area contributed by atoms with E-state index in [9.17, 15) is 0 Å². The first-order valence-electron chi connectivity index (χ1n) is 5.46. The summed E-state index contributed by atoms with van der Waals surface area (Å²) in [6.45, 7) is 12.1. The largest absolute Gasteiger partial charge is 0.532 e. The Labute approximate surface area is 109 Å². The molecule has 4 heteroatoms. The normalized spacial score (nSPS) is 11.8. The first-order chi connectivity index (χ1) is 7.78. The third kappa shape index (κ3) is 5.19. The zero-order chi connectivity index (χ0) is 13.1. The maximum atomic E-state index is 5.93. The Kier molecular flexibility index (Phi) is 4.54. The van der Waals surface area contributed by atoms with E-state index in [1.54, 1.807) is 6.21 Å². The minimum Gasteiger partial charge on any atom is -0.532 e. The molecule has 0 aromatic heterocycles. The first kappa shape index (κ1) is 14.0. The van der Waals surface area contributed by atoms with Crippen molar-refractivity contribution in [3.8, 4) is 0 Å². The van der Waals surface area contributed by atoms with Crippen molar-refractivity contribution >= 4 is 26.1 Å². The summed E-state index contributed by atoms with van der Waals surface area (Å²) in [6.07, 6.45) is 1.74. The quantitative estimate of drug-likeness (QED) is 0.450. The van der Waals surface area contributed by atoms with E-state index < -0.39 is 8.32 Å². The Hall–Kier alpha value is -1.06. The molecule has 92 valence electrons. The van der Waals surface area contributed by atoms with Gasteiger partial charge >= 0.3 is 0 Å². The highest BCUT2D eigenvalue weighted by Gasteiger charge is 2.16. The number of aliphatic imine (C=N–C) groups is 1. The minimum absolute atomic E-state index is 0.462. The Bertz CT molecular complexity index is 449. The van der Waals surface area contributed by atoms with Crippen LogP contribution in [0.15, 0.2) is 35.7 Å². The topological polar surface area (TPSA) is 21.6 Å². The Morgan fingerprint density at radius 2 is 2.06 bits per heavy atom. The summed E-state index contributed by atoms with van der Waals surface area (Å²) < 4.78 is 5.64. The summed E-state index contributed by atoms with van der Waals surface area (Å²) in [5.41, 5.74) is 2.11. The molecule has 0 aliphatic carbocycles. The predicted molar refractivity (Wildman–Crippen MR) is 77.4 cm³/mol. The van der Waals surface area contributed by atoms with Crippen LogP contribution < -0.4 is 0 Å². The molecule has 17 heavy (non-hydrogen) atoms. The smallest absolute Gasteiger partial charge is 0.244 e. The average molecular weight is 268 g/mol. The molecule has 1 aromatic carbocycles. The van der Waals surface area contributed by atoms with Gasteiger partial charge in [0, 0.05) is 11.2 Å². The van der Waals surface area contributed by atoms with Crippen molar-refractivity contribution in [2.24, 2.45) is 4.99 Å². The van der Waals surface area contributed by atoms with Crippen LogP contribution in [0.5, 0.6) is 0 Å². The summed E-state index contributed by atoms with van der Waals surface area (Å²) in [5.74, 6) is 0.462. The lowest BCUT2D eigenvalue weighted by Gasteiger charge is -2.18. The first-order valence-corrected chi connectivity index (χ1v) is 9.25. The van der Waals surface area contributed by atoms with Crippen molar-refractivity contribution in [2.75, 3.05) is 0 Å². The van der Waals surface area contributed by atoms with Gasteiger partial charge in [-0.15, -0.1) is 0 Å². The second-order valence-electron chi connectivity index (χ2n) is 4.87. The number of benzene rings is 1. The highest BCUT2D eigenvalue weighted by Crippen LogP contribution is 2.15. The molecule has 0 saturated carbocycles. The van der Waals surface area contributed by atoms with E-state index in [4.69, 9.17) is 16.0 Å². The second kappa shape index (κ2) is 5.51. The number of halogens is 1. The van der Waals surface area contributed by atoms with Gasteiger partial charge in [-0.3, -0.25) is 0 Å². The Balaban J connectivity index is 2.77. The molecule has 0 radical (unpaired) electrons. The van der Waals surface area contributed by atoms with Crippen LogP contribution in [-0.2, 0) is 4.43 Å². The number of hydrogen-bond acceptors (Lipinski definition) is 2. The monoisotopic (exact) mass is 267 g/mol. The summed E-state index contributed by atoms with van der Waals surface area (Å²) in [7, 11) is -1.62. The van der Waals surface area contributed by atoms with Crippen LogP contribution in [0.3, 0.4) is 0 Å². The molecule has 0 unspecified atom stereocenters. The second-order valence-corrected chi connectivity index (χ2v) is 9.73. The lowest BCUT2D eigenvalue weighted by atomic mass is 10.1. The van der Waals surface area contributed by atoms with Crippen molar-refractivity contribution in [3.63, 3.8) is 0 Å². The molecule has 0 heterocycles. The van der Waals surface area contributed by atoms with Crippen LogP contribution in [0.4, 0.5) is 0 Å². The Morgan fingerprint density at radius 1 is 1.41 bits per heavy atom. The molecular formula is C13H18ClNOSi. The molecule has 0 bridgehead atoms. The molecule has 0 aliphatic rings. The third-order valence-corrected chi connectivity index (χ3v) is 3.10. The van der Waals surface area contributed by atoms with Gasteiger partial charge in [0.25, 0.3) is 0 Å². The highest BCUT2D eigenvalue weighted by molar-refractivity contribution is 6.70. The minimum atomic E-state index is -1.62. The zero-order valence-corrected chi connectivity index (χ0v) is 12.5. The van der Waals surface area contributed by atoms with Gasteiger partial charge in [0.2, 0.25) is 8.32 Å². The van der Waals surface area contributed by atoms with Crippen LogP contribution in [0.2, 0.25) is 24.7 Å². The van der Waals surface area contributed by atoms with Crippen LogP contribution in [-0.4, -0.2) is 14.5 Å². The van der Waals surface area contributed by atoms with Crippen molar-refractivity contribution < 1.29 is 4.43 Å². The summed E-state index contributed by atoms with van der Waals surface area (Å²) in [4.78, 5) is 4.22. The van der Waals surface area contributed by atoms with Crippen molar-refractivity contribution in [1.82, 2.24) is 0 Å². The summed E-state index contributed by atoms with van der Waals surface area (Å²) >= 11 is 5.93. The standard InChI is InChI=1S/C13H18ClNOSi/c1-10-6-7-13(14)8-12(10)9-15-11(2)16-17(3,4)5/h6-9H,2H2,1,3-5H3. The number of rotatable bonds is 4. The van der Waals surface area contributed by atoms with Crippen molar-refractivity contribution in [3.05, 3.63) is 46.8 Å². The van der Waals surface area contributed by atoms with Crippen LogP contribution in [0.1, 0.15) is 11.1 Å². The van der Waals surface area contributed by atoms with Crippen LogP contribution in [0, 0.1) is 6.92 Å². The summed E-state index contributed by atoms with van der Waals surface area (Å²) in [6, 6.07) is 5.70. The third-order valence-electron chi connectivity index (χ3n) is 2.01. The molecule has 0 fully saturated rings. The van der Waals surface area contributed by atoms with E-state index in [-0.39, 0.29) is 0 Å². The van der Waals surface area contributed by atoms with Gasteiger partial charge in [-0.2, -0.15) is 0 Å². The predicted octanol–water partition coefficient (Wildman–Crippen LogP) is 4.39. The molecule has 0 saturated heterocycles. The Morgan fingerprint density at radius 3 is 2.65 bits per heavy atom. The SMILES string of the molecule is C=C(N=Cc1cc(Cl)ccc1C)O[Si](C)(C)C. The van der Waals surface area contributed by atoms with Gasteiger partial charge in [-0.05, 0) is 56.4 Å². The fourth-order valence-corrected chi connectivity index (χ4v) is 2.21. The summed E-state index contributed by atoms with van der Waals surface area (Å²) in [5, 5.41) is 0.703. The van der Waals surface area contributed by atoms with E-state index in [1.165, 1.54) is 0 Å². The maximum absolute atomic E-state index is 5.93. The molecule has 0 atom stereocenters. The average Bonchev–Trinajstić information content (AvgIpc) is 2.17. The van der Waals surface area contributed by atoms with E-state index in [0.29, 0.717) is 10.9 Å². The lowest BCUT2D eigenvalue weighted by Crippen LogP contribution is -2.24. The van der Waals surface area contributed by atoms with Gasteiger partial charge in [0.1, 0.15) is 0 Å². The van der Waals surface area contributed by atoms with Gasteiger partial charge in [-0.1, -0.05) is 17.7 Å². The molecule has 1 rings (SSSR count). The number of aryl methyl sites for hydroxylation is 1. The van der Waals surface area contributed by atoms with Gasteiger partial charge in [0.15, 0.2) is 5.88 Å². The molecule has 1 aromatic rings. The fourth-order valence-electron chi connectivity index (χ4n) is 1.27. The number of hydrogen-bond donors (Lipinski definition) is 0. The van der Waals surface area contributed by atoms with Crippen molar-refractivity contribution in [2.45, 2.75) is 26.6 Å². The van der Waals surface area contributed by atoms with Gasteiger partial charge in [0.05, 0.1) is 0 Å². The van der Waals surface area contributed by atoms with E-state index in [0.717, 1.165) is 11.1 Å². The molecule has 0 aliphatic heterocycles. The number of nitrogens with zero attached hydrogens (tertiary/aromatic N) is 1. The fraction of sp³-hybridized carbons (Fsp3) is 0.308. The van der Waals surface area contributed by atoms with E-state index in [1.807, 2.05) is 25.1 Å². The van der Waals surface area contributed by atoms with Crippen LogP contribution in [0.25, 0.3) is 0 Å². The molecular weight excluding hydrogens is 250 g/mol. The van der Waals surface area contributed by atoms with E-state index in [2.05, 4.69) is 31.2 Å². The van der Waals surface area contributed by atoms with Gasteiger partial charge in [-0.25, -0.2) is 4.99 Å².